The summed E-state index contributed by atoms with van der Waals surface area (Å²) in [6.45, 7) is 2.03. The molecule has 2 aromatic heterocycles. The summed E-state index contributed by atoms with van der Waals surface area (Å²) >= 11 is 12.3. The molecule has 0 bridgehead atoms. The SMILES string of the molecule is CCCCC(=O)Nc1ccc2oc3c(OC)ccc(C(=O)Nc4c(Cl)cncc4Cl)c3c2c1. The average molecular weight is 486 g/mol. The lowest BCUT2D eigenvalue weighted by Gasteiger charge is -2.10. The molecule has 0 aliphatic carbocycles. The minimum atomic E-state index is -0.433. The van der Waals surface area contributed by atoms with E-state index in [2.05, 4.69) is 15.6 Å². The Labute approximate surface area is 200 Å². The number of aromatic nitrogens is 1. The van der Waals surface area contributed by atoms with E-state index in [0.717, 1.165) is 12.8 Å². The maximum Gasteiger partial charge on any atom is 0.256 e. The molecule has 0 saturated heterocycles. The van der Waals surface area contributed by atoms with Crippen molar-refractivity contribution in [1.29, 1.82) is 0 Å². The number of methoxy groups -OCH3 is 1. The zero-order valence-electron chi connectivity index (χ0n) is 18.0. The van der Waals surface area contributed by atoms with Crippen LogP contribution in [-0.2, 0) is 4.79 Å². The molecular formula is C24H21Cl2N3O4. The number of furan rings is 1. The number of carbonyl (C=O) groups excluding carboxylic acids is 2. The number of hydrogen-bond donors (Lipinski definition) is 2. The molecule has 4 aromatic rings. The number of amides is 2. The predicted octanol–water partition coefficient (Wildman–Crippen LogP) is 6.68. The lowest BCUT2D eigenvalue weighted by molar-refractivity contribution is -0.116. The Bertz CT molecular complexity index is 1350. The van der Waals surface area contributed by atoms with Crippen molar-refractivity contribution in [2.45, 2.75) is 26.2 Å². The molecule has 33 heavy (non-hydrogen) atoms. The molecule has 170 valence electrons. The Kier molecular flexibility index (Phi) is 6.72. The molecule has 2 heterocycles. The van der Waals surface area contributed by atoms with E-state index in [0.29, 0.717) is 45.4 Å². The maximum atomic E-state index is 13.3. The number of hydrogen-bond acceptors (Lipinski definition) is 5. The Hall–Kier alpha value is -3.29. The summed E-state index contributed by atoms with van der Waals surface area (Å²) in [6, 6.07) is 8.59. The standard InChI is InChI=1S/C24H21Cl2N3O4/c1-3-4-5-20(30)28-13-6-8-18-15(10-13)21-14(7-9-19(32-2)23(21)33-18)24(31)29-22-16(25)11-27-12-17(22)26/h6-12H,3-5H2,1-2H3,(H,28,30)(H,27,29,31). The van der Waals surface area contributed by atoms with Crippen LogP contribution >= 0.6 is 23.2 Å². The Morgan fingerprint density at radius 3 is 2.55 bits per heavy atom. The quantitative estimate of drug-likeness (QED) is 0.304. The van der Waals surface area contributed by atoms with E-state index in [1.807, 2.05) is 6.92 Å². The largest absolute Gasteiger partial charge is 0.493 e. The van der Waals surface area contributed by atoms with Crippen molar-refractivity contribution in [3.8, 4) is 5.75 Å². The highest BCUT2D eigenvalue weighted by Gasteiger charge is 2.21. The highest BCUT2D eigenvalue weighted by atomic mass is 35.5. The van der Waals surface area contributed by atoms with Crippen molar-refractivity contribution in [3.63, 3.8) is 0 Å². The van der Waals surface area contributed by atoms with E-state index in [1.54, 1.807) is 30.3 Å². The fraction of sp³-hybridized carbons (Fsp3) is 0.208. The number of anilines is 2. The number of unbranched alkanes of at least 4 members (excludes halogenated alkanes) is 1. The zero-order valence-corrected chi connectivity index (χ0v) is 19.5. The van der Waals surface area contributed by atoms with E-state index in [4.69, 9.17) is 32.4 Å². The van der Waals surface area contributed by atoms with Crippen molar-refractivity contribution < 1.29 is 18.7 Å². The van der Waals surface area contributed by atoms with Gasteiger partial charge in [0.15, 0.2) is 11.3 Å². The minimum absolute atomic E-state index is 0.0680. The van der Waals surface area contributed by atoms with Gasteiger partial charge in [0.05, 0.1) is 28.4 Å². The van der Waals surface area contributed by atoms with Gasteiger partial charge in [-0.3, -0.25) is 14.6 Å². The summed E-state index contributed by atoms with van der Waals surface area (Å²) in [4.78, 5) is 29.4. The second-order valence-corrected chi connectivity index (χ2v) is 8.23. The fourth-order valence-electron chi connectivity index (χ4n) is 3.56. The number of benzene rings is 2. The fourth-order valence-corrected chi connectivity index (χ4v) is 4.02. The molecule has 0 aliphatic heterocycles. The smallest absolute Gasteiger partial charge is 0.256 e. The molecule has 9 heteroatoms. The molecule has 0 spiro atoms. The Balaban J connectivity index is 1.80. The lowest BCUT2D eigenvalue weighted by Crippen LogP contribution is -2.13. The Morgan fingerprint density at radius 1 is 1.09 bits per heavy atom. The normalized spacial score (nSPS) is 11.0. The van der Waals surface area contributed by atoms with Crippen molar-refractivity contribution in [2.75, 3.05) is 17.7 Å². The van der Waals surface area contributed by atoms with Crippen LogP contribution < -0.4 is 15.4 Å². The van der Waals surface area contributed by atoms with Crippen LogP contribution in [0.3, 0.4) is 0 Å². The second-order valence-electron chi connectivity index (χ2n) is 7.42. The third-order valence-electron chi connectivity index (χ3n) is 5.18. The summed E-state index contributed by atoms with van der Waals surface area (Å²) in [5.41, 5.74) is 2.18. The topological polar surface area (TPSA) is 93.5 Å². The van der Waals surface area contributed by atoms with Gasteiger partial charge in [0.1, 0.15) is 5.58 Å². The van der Waals surface area contributed by atoms with Gasteiger partial charge in [-0.25, -0.2) is 0 Å². The van der Waals surface area contributed by atoms with Crippen LogP contribution in [0.25, 0.3) is 21.9 Å². The van der Waals surface area contributed by atoms with E-state index in [-0.39, 0.29) is 21.6 Å². The van der Waals surface area contributed by atoms with Gasteiger partial charge in [0.25, 0.3) is 5.91 Å². The van der Waals surface area contributed by atoms with Crippen molar-refractivity contribution in [2.24, 2.45) is 0 Å². The van der Waals surface area contributed by atoms with E-state index < -0.39 is 5.91 Å². The van der Waals surface area contributed by atoms with Gasteiger partial charge in [-0.1, -0.05) is 36.5 Å². The van der Waals surface area contributed by atoms with Gasteiger partial charge in [-0.05, 0) is 36.8 Å². The van der Waals surface area contributed by atoms with Crippen molar-refractivity contribution in [3.05, 3.63) is 58.3 Å². The van der Waals surface area contributed by atoms with Crippen LogP contribution in [0, 0.1) is 0 Å². The van der Waals surface area contributed by atoms with E-state index in [1.165, 1.54) is 19.5 Å². The maximum absolute atomic E-state index is 13.3. The number of nitrogens with one attached hydrogen (secondary N) is 2. The number of rotatable bonds is 7. The summed E-state index contributed by atoms with van der Waals surface area (Å²) < 4.78 is 11.4. The van der Waals surface area contributed by atoms with E-state index >= 15 is 0 Å². The number of fused-ring (bicyclic) bond motifs is 3. The van der Waals surface area contributed by atoms with E-state index in [9.17, 15) is 9.59 Å². The first-order chi connectivity index (χ1) is 15.9. The first-order valence-electron chi connectivity index (χ1n) is 10.4. The number of ether oxygens (including phenoxy) is 1. The minimum Gasteiger partial charge on any atom is -0.493 e. The molecule has 0 aliphatic rings. The van der Waals surface area contributed by atoms with Crippen LogP contribution in [0.5, 0.6) is 5.75 Å². The third kappa shape index (κ3) is 4.60. The van der Waals surface area contributed by atoms with Crippen molar-refractivity contribution in [1.82, 2.24) is 4.98 Å². The Morgan fingerprint density at radius 2 is 1.85 bits per heavy atom. The number of pyridine rings is 1. The van der Waals surface area contributed by atoms with Crippen LogP contribution in [0.2, 0.25) is 10.0 Å². The lowest BCUT2D eigenvalue weighted by atomic mass is 10.0. The monoisotopic (exact) mass is 485 g/mol. The van der Waals surface area contributed by atoms with Gasteiger partial charge in [0.2, 0.25) is 5.91 Å². The van der Waals surface area contributed by atoms with Gasteiger partial charge >= 0.3 is 0 Å². The molecule has 0 fully saturated rings. The van der Waals surface area contributed by atoms with Gasteiger partial charge in [0, 0.05) is 35.3 Å². The number of carbonyl (C=O) groups is 2. The highest BCUT2D eigenvalue weighted by molar-refractivity contribution is 6.40. The molecule has 0 saturated carbocycles. The molecular weight excluding hydrogens is 465 g/mol. The second kappa shape index (κ2) is 9.68. The summed E-state index contributed by atoms with van der Waals surface area (Å²) in [7, 11) is 1.53. The number of halogens is 2. The highest BCUT2D eigenvalue weighted by Crippen LogP contribution is 2.39. The molecule has 2 aromatic carbocycles. The van der Waals surface area contributed by atoms with Crippen LogP contribution in [0.1, 0.15) is 36.5 Å². The van der Waals surface area contributed by atoms with Gasteiger partial charge in [-0.15, -0.1) is 0 Å². The van der Waals surface area contributed by atoms with Crippen molar-refractivity contribution >= 4 is 68.3 Å². The summed E-state index contributed by atoms with van der Waals surface area (Å²) in [5, 5.41) is 7.30. The van der Waals surface area contributed by atoms with Gasteiger partial charge in [-0.2, -0.15) is 0 Å². The summed E-state index contributed by atoms with van der Waals surface area (Å²) in [5.74, 6) is -0.0227. The molecule has 0 unspecified atom stereocenters. The predicted molar refractivity (Wildman–Crippen MR) is 131 cm³/mol. The molecule has 7 nitrogen and oxygen atoms in total. The molecule has 0 atom stereocenters. The third-order valence-corrected chi connectivity index (χ3v) is 5.75. The number of nitrogens with zero attached hydrogens (tertiary/aromatic N) is 1. The molecule has 2 N–H and O–H groups in total. The average Bonchev–Trinajstić information content (AvgIpc) is 3.18. The van der Waals surface area contributed by atoms with Crippen LogP contribution in [0.4, 0.5) is 11.4 Å². The van der Waals surface area contributed by atoms with Crippen LogP contribution in [-0.4, -0.2) is 23.9 Å². The first-order valence-corrected chi connectivity index (χ1v) is 11.1. The first kappa shape index (κ1) is 22.9. The zero-order chi connectivity index (χ0) is 23.5. The molecule has 0 radical (unpaired) electrons. The molecule has 2 amide bonds. The molecule has 4 rings (SSSR count). The summed E-state index contributed by atoms with van der Waals surface area (Å²) in [6.07, 6.45) is 4.98. The van der Waals surface area contributed by atoms with Gasteiger partial charge < -0.3 is 19.8 Å². The van der Waals surface area contributed by atoms with Crippen LogP contribution in [0.15, 0.2) is 47.1 Å².